The fraction of sp³-hybridized carbons (Fsp3) is 0.400. The zero-order valence-electron chi connectivity index (χ0n) is 12.6. The third-order valence-electron chi connectivity index (χ3n) is 2.71. The molecule has 6 heteroatoms. The van der Waals surface area contributed by atoms with Crippen LogP contribution in [0.4, 0.5) is 0 Å². The summed E-state index contributed by atoms with van der Waals surface area (Å²) in [7, 11) is -3.90. The Morgan fingerprint density at radius 3 is 2.48 bits per heavy atom. The molecule has 0 aliphatic heterocycles. The number of aryl methyl sites for hydroxylation is 2. The van der Waals surface area contributed by atoms with Crippen LogP contribution in [0, 0.1) is 26.2 Å². The molecular formula is C15H19NO4S. The molecule has 1 amide bonds. The summed E-state index contributed by atoms with van der Waals surface area (Å²) < 4.78 is 29.3. The average molecular weight is 309 g/mol. The predicted octanol–water partition coefficient (Wildman–Crippen LogP) is 1.78. The molecule has 1 aromatic rings. The molecule has 0 atom stereocenters. The number of nitrogens with one attached hydrogen (secondary N) is 1. The van der Waals surface area contributed by atoms with Gasteiger partial charge in [0.05, 0.1) is 17.5 Å². The Balaban J connectivity index is 3.31. The molecule has 0 aliphatic carbocycles. The van der Waals surface area contributed by atoms with Gasteiger partial charge in [-0.05, 0) is 44.9 Å². The molecule has 0 fully saturated rings. The van der Waals surface area contributed by atoms with E-state index in [2.05, 4.69) is 11.2 Å². The number of carbonyl (C=O) groups excluding carboxylic acids is 1. The van der Waals surface area contributed by atoms with Gasteiger partial charge in [-0.2, -0.15) is 8.42 Å². The molecular weight excluding hydrogens is 290 g/mol. The quantitative estimate of drug-likeness (QED) is 0.665. The lowest BCUT2D eigenvalue weighted by Gasteiger charge is -2.14. The maximum Gasteiger partial charge on any atom is 0.297 e. The minimum Gasteiger partial charge on any atom is -0.341 e. The molecule has 21 heavy (non-hydrogen) atoms. The number of hydrogen-bond donors (Lipinski definition) is 1. The summed E-state index contributed by atoms with van der Waals surface area (Å²) in [4.78, 5) is 12.0. The van der Waals surface area contributed by atoms with E-state index in [1.807, 2.05) is 0 Å². The lowest BCUT2D eigenvalue weighted by molar-refractivity contribution is 0.0958. The van der Waals surface area contributed by atoms with Crippen LogP contribution in [-0.2, 0) is 14.3 Å². The van der Waals surface area contributed by atoms with E-state index in [4.69, 9.17) is 10.6 Å². The summed E-state index contributed by atoms with van der Waals surface area (Å²) in [6.07, 6.45) is 4.61. The smallest absolute Gasteiger partial charge is 0.297 e. The Morgan fingerprint density at radius 2 is 1.95 bits per heavy atom. The highest BCUT2D eigenvalue weighted by Gasteiger charge is 2.22. The second-order valence-electron chi connectivity index (χ2n) is 4.92. The second-order valence-corrected chi connectivity index (χ2v) is 6.46. The molecule has 0 aromatic heterocycles. The summed E-state index contributed by atoms with van der Waals surface area (Å²) >= 11 is 0. The van der Waals surface area contributed by atoms with Gasteiger partial charge in [-0.15, -0.1) is 6.42 Å². The van der Waals surface area contributed by atoms with Crippen molar-refractivity contribution in [3.63, 3.8) is 0 Å². The normalized spacial score (nSPS) is 11.2. The van der Waals surface area contributed by atoms with Gasteiger partial charge in [0.2, 0.25) is 0 Å². The van der Waals surface area contributed by atoms with Crippen molar-refractivity contribution >= 4 is 16.0 Å². The molecule has 0 spiro atoms. The van der Waals surface area contributed by atoms with Crippen molar-refractivity contribution in [1.82, 2.24) is 5.32 Å². The predicted molar refractivity (Wildman–Crippen MR) is 80.5 cm³/mol. The molecule has 0 saturated heterocycles. The largest absolute Gasteiger partial charge is 0.341 e. The fourth-order valence-electron chi connectivity index (χ4n) is 1.88. The zero-order valence-corrected chi connectivity index (χ0v) is 13.4. The Bertz CT molecular complexity index is 684. The minimum absolute atomic E-state index is 0.00680. The highest BCUT2D eigenvalue weighted by atomic mass is 32.2. The molecule has 1 rings (SSSR count). The molecule has 0 saturated carbocycles. The van der Waals surface area contributed by atoms with E-state index in [9.17, 15) is 13.2 Å². The Hall–Kier alpha value is -1.84. The van der Waals surface area contributed by atoms with Crippen LogP contribution >= 0.6 is 0 Å². The van der Waals surface area contributed by atoms with Gasteiger partial charge in [0, 0.05) is 5.56 Å². The van der Waals surface area contributed by atoms with E-state index in [0.29, 0.717) is 11.1 Å². The molecule has 0 heterocycles. The van der Waals surface area contributed by atoms with Crippen molar-refractivity contribution in [1.29, 1.82) is 0 Å². The van der Waals surface area contributed by atoms with E-state index < -0.39 is 22.1 Å². The third-order valence-corrected chi connectivity index (χ3v) is 4.32. The SMILES string of the molecule is C#CCNC(=O)c1cc(S(=O)(=O)OC(C)C)c(C)cc1C. The van der Waals surface area contributed by atoms with Crippen molar-refractivity contribution < 1.29 is 17.4 Å². The van der Waals surface area contributed by atoms with E-state index in [1.54, 1.807) is 33.8 Å². The van der Waals surface area contributed by atoms with Crippen molar-refractivity contribution in [3.8, 4) is 12.3 Å². The monoisotopic (exact) mass is 309 g/mol. The van der Waals surface area contributed by atoms with Gasteiger partial charge in [-0.1, -0.05) is 12.0 Å². The van der Waals surface area contributed by atoms with Gasteiger partial charge in [-0.3, -0.25) is 8.98 Å². The number of benzene rings is 1. The number of carbonyl (C=O) groups is 1. The molecule has 0 bridgehead atoms. The van der Waals surface area contributed by atoms with Crippen molar-refractivity contribution in [3.05, 3.63) is 28.8 Å². The van der Waals surface area contributed by atoms with Gasteiger partial charge in [0.25, 0.3) is 16.0 Å². The maximum absolute atomic E-state index is 12.2. The van der Waals surface area contributed by atoms with Gasteiger partial charge in [-0.25, -0.2) is 0 Å². The lowest BCUT2D eigenvalue weighted by atomic mass is 10.1. The van der Waals surface area contributed by atoms with Crippen LogP contribution in [0.2, 0.25) is 0 Å². The second kappa shape index (κ2) is 6.74. The molecule has 1 N–H and O–H groups in total. The summed E-state index contributed by atoms with van der Waals surface area (Å²) in [5.74, 6) is 1.88. The van der Waals surface area contributed by atoms with Crippen LogP contribution in [-0.4, -0.2) is 27.0 Å². The van der Waals surface area contributed by atoms with Crippen LogP contribution in [0.5, 0.6) is 0 Å². The standard InChI is InChI=1S/C15H19NO4S/c1-6-7-16-15(17)13-9-14(12(5)8-11(13)4)21(18,19)20-10(2)3/h1,8-10H,7H2,2-5H3,(H,16,17). The summed E-state index contributed by atoms with van der Waals surface area (Å²) in [6.45, 7) is 6.73. The van der Waals surface area contributed by atoms with Crippen LogP contribution in [0.15, 0.2) is 17.0 Å². The van der Waals surface area contributed by atoms with Crippen LogP contribution in [0.25, 0.3) is 0 Å². The van der Waals surface area contributed by atoms with E-state index >= 15 is 0 Å². The summed E-state index contributed by atoms with van der Waals surface area (Å²) in [5, 5.41) is 2.52. The van der Waals surface area contributed by atoms with Gasteiger partial charge in [0.1, 0.15) is 0 Å². The number of hydrogen-bond acceptors (Lipinski definition) is 4. The highest BCUT2D eigenvalue weighted by molar-refractivity contribution is 7.86. The first kappa shape index (κ1) is 17.2. The minimum atomic E-state index is -3.90. The topological polar surface area (TPSA) is 72.5 Å². The maximum atomic E-state index is 12.2. The molecule has 0 aliphatic rings. The van der Waals surface area contributed by atoms with E-state index in [-0.39, 0.29) is 17.0 Å². The molecule has 1 aromatic carbocycles. The fourth-order valence-corrected chi connectivity index (χ4v) is 3.20. The Morgan fingerprint density at radius 1 is 1.33 bits per heavy atom. The molecule has 114 valence electrons. The average Bonchev–Trinajstić information content (AvgIpc) is 2.33. The first-order chi connectivity index (χ1) is 9.69. The highest BCUT2D eigenvalue weighted by Crippen LogP contribution is 2.23. The van der Waals surface area contributed by atoms with E-state index in [1.165, 1.54) is 6.07 Å². The summed E-state index contributed by atoms with van der Waals surface area (Å²) in [6, 6.07) is 2.97. The van der Waals surface area contributed by atoms with E-state index in [0.717, 1.165) is 0 Å². The van der Waals surface area contributed by atoms with Gasteiger partial charge >= 0.3 is 0 Å². The number of amides is 1. The van der Waals surface area contributed by atoms with Gasteiger partial charge < -0.3 is 5.32 Å². The van der Waals surface area contributed by atoms with Gasteiger partial charge in [0.15, 0.2) is 0 Å². The van der Waals surface area contributed by atoms with Crippen LogP contribution in [0.1, 0.15) is 35.3 Å². The zero-order chi connectivity index (χ0) is 16.2. The molecule has 0 radical (unpaired) electrons. The van der Waals surface area contributed by atoms with Crippen LogP contribution < -0.4 is 5.32 Å². The number of rotatable bonds is 5. The Labute approximate surface area is 125 Å². The van der Waals surface area contributed by atoms with Crippen molar-refractivity contribution in [2.75, 3.05) is 6.54 Å². The van der Waals surface area contributed by atoms with Crippen molar-refractivity contribution in [2.24, 2.45) is 0 Å². The molecule has 0 unspecified atom stereocenters. The van der Waals surface area contributed by atoms with Crippen molar-refractivity contribution in [2.45, 2.75) is 38.7 Å². The van der Waals surface area contributed by atoms with Crippen LogP contribution in [0.3, 0.4) is 0 Å². The Kier molecular flexibility index (Phi) is 5.53. The third kappa shape index (κ3) is 4.31. The molecule has 5 nitrogen and oxygen atoms in total. The summed E-state index contributed by atoms with van der Waals surface area (Å²) in [5.41, 5.74) is 1.47. The first-order valence-electron chi connectivity index (χ1n) is 6.45. The lowest BCUT2D eigenvalue weighted by Crippen LogP contribution is -2.25. The number of terminal acetylenes is 1. The first-order valence-corrected chi connectivity index (χ1v) is 7.86.